The summed E-state index contributed by atoms with van der Waals surface area (Å²) in [5.41, 5.74) is 0.648. The van der Waals surface area contributed by atoms with E-state index in [4.69, 9.17) is 4.74 Å². The van der Waals surface area contributed by atoms with E-state index in [2.05, 4.69) is 10.3 Å². The molecular weight excluding hydrogens is 373 g/mol. The van der Waals surface area contributed by atoms with Gasteiger partial charge in [-0.1, -0.05) is 18.2 Å². The van der Waals surface area contributed by atoms with Crippen LogP contribution in [0.1, 0.15) is 23.0 Å². The molecule has 27 heavy (non-hydrogen) atoms. The summed E-state index contributed by atoms with van der Waals surface area (Å²) in [6.07, 6.45) is 1.64. The van der Waals surface area contributed by atoms with Crippen molar-refractivity contribution in [2.45, 2.75) is 24.3 Å². The predicted octanol–water partition coefficient (Wildman–Crippen LogP) is 1.54. The minimum atomic E-state index is -3.66. The van der Waals surface area contributed by atoms with Crippen LogP contribution in [0.3, 0.4) is 0 Å². The molecule has 0 bridgehead atoms. The Balaban J connectivity index is 1.65. The topological polar surface area (TPSA) is 91.5 Å². The number of rotatable bonds is 6. The summed E-state index contributed by atoms with van der Waals surface area (Å²) in [5.74, 6) is -0.764. The summed E-state index contributed by atoms with van der Waals surface area (Å²) in [5, 5.41) is 2.75. The van der Waals surface area contributed by atoms with Gasteiger partial charge in [-0.2, -0.15) is 4.31 Å². The molecule has 0 radical (unpaired) electrons. The number of nitrogens with zero attached hydrogens (tertiary/aromatic N) is 1. The number of amides is 1. The third-order valence-corrected chi connectivity index (χ3v) is 6.25. The first kappa shape index (κ1) is 19.5. The van der Waals surface area contributed by atoms with Gasteiger partial charge in [0.1, 0.15) is 16.4 Å². The van der Waals surface area contributed by atoms with E-state index in [1.165, 1.54) is 22.6 Å². The number of sulfonamides is 1. The molecule has 2 aromatic rings. The second-order valence-electron chi connectivity index (χ2n) is 6.44. The molecule has 1 amide bonds. The van der Waals surface area contributed by atoms with Gasteiger partial charge in [0.05, 0.1) is 13.2 Å². The Kier molecular flexibility index (Phi) is 5.93. The summed E-state index contributed by atoms with van der Waals surface area (Å²) in [6, 6.07) is 7.38. The standard InChI is InChI=1S/C18H22FN3O4S/c1-13(10-14-4-2-3-5-16(14)19)21-18(23)17-11-15(12-20-17)27(24,25)22-6-8-26-9-7-22/h2-5,11-13,20H,6-10H2,1H3,(H,21,23). The average Bonchev–Trinajstić information content (AvgIpc) is 3.15. The fraction of sp³-hybridized carbons (Fsp3) is 0.389. The average molecular weight is 395 g/mol. The number of hydrogen-bond acceptors (Lipinski definition) is 4. The zero-order chi connectivity index (χ0) is 19.4. The lowest BCUT2D eigenvalue weighted by molar-refractivity contribution is 0.0730. The van der Waals surface area contributed by atoms with Crippen molar-refractivity contribution in [1.82, 2.24) is 14.6 Å². The van der Waals surface area contributed by atoms with Gasteiger partial charge in [0.15, 0.2) is 0 Å². The Hall–Kier alpha value is -2.23. The zero-order valence-electron chi connectivity index (χ0n) is 14.9. The number of benzene rings is 1. The lowest BCUT2D eigenvalue weighted by atomic mass is 10.1. The highest BCUT2D eigenvalue weighted by Gasteiger charge is 2.28. The third-order valence-electron chi connectivity index (χ3n) is 4.37. The first-order valence-corrected chi connectivity index (χ1v) is 10.1. The predicted molar refractivity (Wildman–Crippen MR) is 97.4 cm³/mol. The summed E-state index contributed by atoms with van der Waals surface area (Å²) in [7, 11) is -3.66. The molecule has 0 spiro atoms. The molecule has 1 fully saturated rings. The van der Waals surface area contributed by atoms with Crippen molar-refractivity contribution >= 4 is 15.9 Å². The van der Waals surface area contributed by atoms with E-state index in [1.807, 2.05) is 0 Å². The van der Waals surface area contributed by atoms with Crippen molar-refractivity contribution in [3.8, 4) is 0 Å². The first-order valence-electron chi connectivity index (χ1n) is 8.68. The second kappa shape index (κ2) is 8.20. The van der Waals surface area contributed by atoms with Crippen molar-refractivity contribution in [3.05, 3.63) is 53.6 Å². The molecule has 146 valence electrons. The summed E-state index contributed by atoms with van der Waals surface area (Å²) in [6.45, 7) is 3.04. The molecule has 0 aliphatic carbocycles. The fourth-order valence-electron chi connectivity index (χ4n) is 2.94. The van der Waals surface area contributed by atoms with Crippen LogP contribution in [0.2, 0.25) is 0 Å². The van der Waals surface area contributed by atoms with Gasteiger partial charge in [-0.25, -0.2) is 12.8 Å². The van der Waals surface area contributed by atoms with Gasteiger partial charge in [-0.15, -0.1) is 0 Å². The van der Waals surface area contributed by atoms with Crippen LogP contribution in [0.5, 0.6) is 0 Å². The van der Waals surface area contributed by atoms with Crippen molar-refractivity contribution in [2.75, 3.05) is 26.3 Å². The number of halogens is 1. The Morgan fingerprint density at radius 2 is 2.04 bits per heavy atom. The zero-order valence-corrected chi connectivity index (χ0v) is 15.8. The molecule has 0 saturated carbocycles. The van der Waals surface area contributed by atoms with E-state index in [9.17, 15) is 17.6 Å². The van der Waals surface area contributed by atoms with E-state index in [0.29, 0.717) is 25.2 Å². The monoisotopic (exact) mass is 395 g/mol. The van der Waals surface area contributed by atoms with Gasteiger partial charge >= 0.3 is 0 Å². The van der Waals surface area contributed by atoms with Crippen LogP contribution in [0.25, 0.3) is 0 Å². The maximum Gasteiger partial charge on any atom is 0.267 e. The molecule has 1 atom stereocenters. The van der Waals surface area contributed by atoms with Crippen LogP contribution >= 0.6 is 0 Å². The summed E-state index contributed by atoms with van der Waals surface area (Å²) >= 11 is 0. The van der Waals surface area contributed by atoms with E-state index < -0.39 is 15.9 Å². The van der Waals surface area contributed by atoms with Crippen LogP contribution in [0.15, 0.2) is 41.4 Å². The molecule has 1 unspecified atom stereocenters. The number of carbonyl (C=O) groups excluding carboxylic acids is 1. The van der Waals surface area contributed by atoms with E-state index >= 15 is 0 Å². The number of ether oxygens (including phenoxy) is 1. The molecule has 1 aliphatic heterocycles. The first-order chi connectivity index (χ1) is 12.9. The molecule has 7 nitrogen and oxygen atoms in total. The third kappa shape index (κ3) is 4.55. The van der Waals surface area contributed by atoms with E-state index in [-0.39, 0.29) is 35.5 Å². The minimum Gasteiger partial charge on any atom is -0.379 e. The van der Waals surface area contributed by atoms with Gasteiger partial charge in [0.2, 0.25) is 10.0 Å². The van der Waals surface area contributed by atoms with Gasteiger partial charge in [0, 0.05) is 25.3 Å². The van der Waals surface area contributed by atoms with Crippen LogP contribution < -0.4 is 5.32 Å². The smallest absolute Gasteiger partial charge is 0.267 e. The molecule has 9 heteroatoms. The van der Waals surface area contributed by atoms with Crippen molar-refractivity contribution < 1.29 is 22.3 Å². The summed E-state index contributed by atoms with van der Waals surface area (Å²) < 4.78 is 45.4. The van der Waals surface area contributed by atoms with E-state index in [1.54, 1.807) is 25.1 Å². The molecule has 3 rings (SSSR count). The van der Waals surface area contributed by atoms with Crippen LogP contribution in [0.4, 0.5) is 4.39 Å². The number of aromatic nitrogens is 1. The highest BCUT2D eigenvalue weighted by molar-refractivity contribution is 7.89. The van der Waals surface area contributed by atoms with Gasteiger partial charge < -0.3 is 15.0 Å². The Morgan fingerprint density at radius 3 is 2.74 bits per heavy atom. The Labute approximate surface area is 157 Å². The highest BCUT2D eigenvalue weighted by atomic mass is 32.2. The number of morpholine rings is 1. The number of H-pyrrole nitrogens is 1. The molecule has 1 aromatic carbocycles. The van der Waals surface area contributed by atoms with Crippen molar-refractivity contribution in [1.29, 1.82) is 0 Å². The normalized spacial score (nSPS) is 16.8. The maximum atomic E-state index is 13.7. The largest absolute Gasteiger partial charge is 0.379 e. The number of aromatic amines is 1. The summed E-state index contributed by atoms with van der Waals surface area (Å²) in [4.78, 5) is 15.1. The highest BCUT2D eigenvalue weighted by Crippen LogP contribution is 2.18. The maximum absolute atomic E-state index is 13.7. The lowest BCUT2D eigenvalue weighted by Crippen LogP contribution is -2.40. The number of carbonyl (C=O) groups is 1. The molecule has 1 saturated heterocycles. The van der Waals surface area contributed by atoms with Gasteiger partial charge in [-0.3, -0.25) is 4.79 Å². The second-order valence-corrected chi connectivity index (χ2v) is 8.37. The molecular formula is C18H22FN3O4S. The van der Waals surface area contributed by atoms with Crippen molar-refractivity contribution in [3.63, 3.8) is 0 Å². The molecule has 1 aromatic heterocycles. The van der Waals surface area contributed by atoms with Crippen LogP contribution in [-0.2, 0) is 21.2 Å². The fourth-order valence-corrected chi connectivity index (χ4v) is 4.34. The van der Waals surface area contributed by atoms with Crippen LogP contribution in [-0.4, -0.2) is 56.0 Å². The van der Waals surface area contributed by atoms with Crippen molar-refractivity contribution in [2.24, 2.45) is 0 Å². The number of nitrogens with one attached hydrogen (secondary N) is 2. The van der Waals surface area contributed by atoms with Crippen LogP contribution in [0, 0.1) is 5.82 Å². The quantitative estimate of drug-likeness (QED) is 0.776. The Bertz CT molecular complexity index is 907. The van der Waals surface area contributed by atoms with E-state index in [0.717, 1.165) is 0 Å². The number of hydrogen-bond donors (Lipinski definition) is 2. The minimum absolute atomic E-state index is 0.0382. The molecule has 2 N–H and O–H groups in total. The Morgan fingerprint density at radius 1 is 1.33 bits per heavy atom. The van der Waals surface area contributed by atoms with Gasteiger partial charge in [0.25, 0.3) is 5.91 Å². The molecule has 2 heterocycles. The SMILES string of the molecule is CC(Cc1ccccc1F)NC(=O)c1cc(S(=O)(=O)N2CCOCC2)c[nH]1. The molecule has 1 aliphatic rings. The lowest BCUT2D eigenvalue weighted by Gasteiger charge is -2.25. The van der Waals surface area contributed by atoms with Gasteiger partial charge in [-0.05, 0) is 31.0 Å².